The first-order valence-electron chi connectivity index (χ1n) is 6.22. The molecule has 1 unspecified atom stereocenters. The lowest BCUT2D eigenvalue weighted by molar-refractivity contribution is -0.166. The van der Waals surface area contributed by atoms with Crippen LogP contribution in [-0.2, 0) is 14.3 Å². The maximum Gasteiger partial charge on any atom is 0.334 e. The molecule has 2 aliphatic rings. The van der Waals surface area contributed by atoms with E-state index < -0.39 is 12.1 Å². The summed E-state index contributed by atoms with van der Waals surface area (Å²) >= 11 is 0. The molecule has 0 aromatic heterocycles. The van der Waals surface area contributed by atoms with E-state index >= 15 is 0 Å². The van der Waals surface area contributed by atoms with Crippen molar-refractivity contribution in [3.05, 3.63) is 0 Å². The number of hydrogen-bond donors (Lipinski definition) is 1. The summed E-state index contributed by atoms with van der Waals surface area (Å²) in [6.45, 7) is 2.49. The van der Waals surface area contributed by atoms with Gasteiger partial charge < -0.3 is 14.7 Å². The summed E-state index contributed by atoms with van der Waals surface area (Å²) in [5.41, 5.74) is 0. The fraction of sp³-hybridized carbons (Fsp3) is 0.833. The molecule has 1 heterocycles. The summed E-state index contributed by atoms with van der Waals surface area (Å²) in [4.78, 5) is 24.4. The molecule has 1 saturated carbocycles. The Bertz CT molecular complexity index is 314. The highest BCUT2D eigenvalue weighted by Crippen LogP contribution is 2.33. The summed E-state index contributed by atoms with van der Waals surface area (Å²) in [6.07, 6.45) is 2.90. The van der Waals surface area contributed by atoms with Gasteiger partial charge in [-0.3, -0.25) is 4.79 Å². The lowest BCUT2D eigenvalue weighted by atomic mass is 10.1. The maximum absolute atomic E-state index is 11.9. The van der Waals surface area contributed by atoms with E-state index in [1.807, 2.05) is 0 Å². The van der Waals surface area contributed by atoms with Gasteiger partial charge in [-0.2, -0.15) is 0 Å². The molecule has 5 heteroatoms. The van der Waals surface area contributed by atoms with E-state index in [2.05, 4.69) is 0 Å². The quantitative estimate of drug-likeness (QED) is 0.793. The van der Waals surface area contributed by atoms with Gasteiger partial charge in [-0.1, -0.05) is 12.8 Å². The predicted molar refractivity (Wildman–Crippen MR) is 60.5 cm³/mol. The van der Waals surface area contributed by atoms with Crippen LogP contribution >= 0.6 is 0 Å². The van der Waals surface area contributed by atoms with Gasteiger partial charge in [0.1, 0.15) is 0 Å². The van der Waals surface area contributed by atoms with Crippen LogP contribution in [0.3, 0.4) is 0 Å². The number of morpholine rings is 1. The van der Waals surface area contributed by atoms with Crippen molar-refractivity contribution in [2.75, 3.05) is 13.1 Å². The molecule has 0 spiro atoms. The van der Waals surface area contributed by atoms with Crippen LogP contribution in [0.25, 0.3) is 0 Å². The van der Waals surface area contributed by atoms with Crippen molar-refractivity contribution in [2.45, 2.75) is 44.8 Å². The lowest BCUT2D eigenvalue weighted by Crippen LogP contribution is -2.51. The van der Waals surface area contributed by atoms with Gasteiger partial charge in [-0.05, 0) is 19.3 Å². The predicted octanol–water partition coefficient (Wildman–Crippen LogP) is 0.877. The number of hydrogen-bond acceptors (Lipinski definition) is 3. The van der Waals surface area contributed by atoms with Crippen LogP contribution < -0.4 is 0 Å². The Labute approximate surface area is 101 Å². The van der Waals surface area contributed by atoms with Crippen molar-refractivity contribution in [1.82, 2.24) is 4.90 Å². The zero-order chi connectivity index (χ0) is 12.4. The standard InChI is InChI=1S/C12H19NO4/c1-8-6-13(7-10(17-8)12(15)16)11(14)5-4-9-2-3-9/h8-10H,2-7H2,1H3,(H,15,16)/t8-,10?/m1/s1. The SMILES string of the molecule is C[C@@H]1CN(C(=O)CCC2CC2)CC(C(=O)O)O1. The Balaban J connectivity index is 1.84. The second-order valence-corrected chi connectivity index (χ2v) is 5.05. The highest BCUT2D eigenvalue weighted by molar-refractivity contribution is 5.78. The van der Waals surface area contributed by atoms with Crippen LogP contribution in [0.2, 0.25) is 0 Å². The third kappa shape index (κ3) is 3.43. The van der Waals surface area contributed by atoms with E-state index in [0.717, 1.165) is 12.3 Å². The molecule has 2 fully saturated rings. The first kappa shape index (κ1) is 12.4. The van der Waals surface area contributed by atoms with Crippen LogP contribution in [0, 0.1) is 5.92 Å². The van der Waals surface area contributed by atoms with Gasteiger partial charge in [0.25, 0.3) is 0 Å². The molecule has 1 amide bonds. The van der Waals surface area contributed by atoms with Gasteiger partial charge in [0.15, 0.2) is 6.10 Å². The van der Waals surface area contributed by atoms with Crippen LogP contribution in [0.1, 0.15) is 32.6 Å². The number of carboxylic acids is 1. The molecule has 1 aliphatic heterocycles. The monoisotopic (exact) mass is 241 g/mol. The fourth-order valence-electron chi connectivity index (χ4n) is 2.18. The summed E-state index contributed by atoms with van der Waals surface area (Å²) < 4.78 is 5.27. The fourth-order valence-corrected chi connectivity index (χ4v) is 2.18. The number of carbonyl (C=O) groups excluding carboxylic acids is 1. The minimum absolute atomic E-state index is 0.0679. The highest BCUT2D eigenvalue weighted by Gasteiger charge is 2.33. The number of amides is 1. The van der Waals surface area contributed by atoms with Crippen molar-refractivity contribution in [3.63, 3.8) is 0 Å². The van der Waals surface area contributed by atoms with E-state index in [-0.39, 0.29) is 18.6 Å². The molecule has 96 valence electrons. The molecule has 0 bridgehead atoms. The number of carbonyl (C=O) groups is 2. The van der Waals surface area contributed by atoms with Gasteiger partial charge in [0.2, 0.25) is 5.91 Å². The largest absolute Gasteiger partial charge is 0.479 e. The van der Waals surface area contributed by atoms with Crippen LogP contribution in [0.15, 0.2) is 0 Å². The second-order valence-electron chi connectivity index (χ2n) is 5.05. The lowest BCUT2D eigenvalue weighted by Gasteiger charge is -2.35. The Kier molecular flexibility index (Phi) is 3.66. The number of ether oxygens (including phenoxy) is 1. The smallest absolute Gasteiger partial charge is 0.334 e. The van der Waals surface area contributed by atoms with Crippen molar-refractivity contribution in [3.8, 4) is 0 Å². The van der Waals surface area contributed by atoms with E-state index in [9.17, 15) is 9.59 Å². The van der Waals surface area contributed by atoms with E-state index in [1.165, 1.54) is 12.8 Å². The summed E-state index contributed by atoms with van der Waals surface area (Å²) in [7, 11) is 0. The molecule has 0 aromatic carbocycles. The third-order valence-corrected chi connectivity index (χ3v) is 3.35. The van der Waals surface area contributed by atoms with Gasteiger partial charge in [0.05, 0.1) is 12.6 Å². The van der Waals surface area contributed by atoms with Gasteiger partial charge >= 0.3 is 5.97 Å². The van der Waals surface area contributed by atoms with Crippen molar-refractivity contribution in [2.24, 2.45) is 5.92 Å². The summed E-state index contributed by atoms with van der Waals surface area (Å²) in [5.74, 6) is -0.192. The molecule has 2 rings (SSSR count). The summed E-state index contributed by atoms with van der Waals surface area (Å²) in [6, 6.07) is 0. The van der Waals surface area contributed by atoms with Gasteiger partial charge in [-0.15, -0.1) is 0 Å². The molecule has 0 radical (unpaired) electrons. The number of rotatable bonds is 4. The van der Waals surface area contributed by atoms with Crippen LogP contribution in [-0.4, -0.2) is 47.2 Å². The average molecular weight is 241 g/mol. The van der Waals surface area contributed by atoms with Gasteiger partial charge in [0, 0.05) is 13.0 Å². The summed E-state index contributed by atoms with van der Waals surface area (Å²) in [5, 5.41) is 8.92. The van der Waals surface area contributed by atoms with Gasteiger partial charge in [-0.25, -0.2) is 4.79 Å². The Morgan fingerprint density at radius 1 is 1.35 bits per heavy atom. The molecule has 1 N–H and O–H groups in total. The minimum atomic E-state index is -0.989. The Hall–Kier alpha value is -1.10. The first-order valence-corrected chi connectivity index (χ1v) is 6.22. The number of carboxylic acid groups (broad SMARTS) is 1. The van der Waals surface area contributed by atoms with E-state index in [4.69, 9.17) is 9.84 Å². The van der Waals surface area contributed by atoms with E-state index in [0.29, 0.717) is 13.0 Å². The number of nitrogens with zero attached hydrogens (tertiary/aromatic N) is 1. The first-order chi connectivity index (χ1) is 8.06. The van der Waals surface area contributed by atoms with Crippen LogP contribution in [0.5, 0.6) is 0 Å². The van der Waals surface area contributed by atoms with Crippen molar-refractivity contribution < 1.29 is 19.4 Å². The van der Waals surface area contributed by atoms with Crippen molar-refractivity contribution >= 4 is 11.9 Å². The molecule has 0 aromatic rings. The molecular weight excluding hydrogens is 222 g/mol. The van der Waals surface area contributed by atoms with Crippen LogP contribution in [0.4, 0.5) is 0 Å². The van der Waals surface area contributed by atoms with E-state index in [1.54, 1.807) is 11.8 Å². The highest BCUT2D eigenvalue weighted by atomic mass is 16.5. The Morgan fingerprint density at radius 2 is 2.06 bits per heavy atom. The topological polar surface area (TPSA) is 66.8 Å². The second kappa shape index (κ2) is 5.04. The zero-order valence-electron chi connectivity index (χ0n) is 10.1. The molecule has 17 heavy (non-hydrogen) atoms. The Morgan fingerprint density at radius 3 is 2.65 bits per heavy atom. The molecule has 1 saturated heterocycles. The average Bonchev–Trinajstić information content (AvgIpc) is 3.08. The van der Waals surface area contributed by atoms with Crippen molar-refractivity contribution in [1.29, 1.82) is 0 Å². The third-order valence-electron chi connectivity index (χ3n) is 3.35. The normalized spacial score (nSPS) is 29.1. The minimum Gasteiger partial charge on any atom is -0.479 e. The molecule has 2 atom stereocenters. The maximum atomic E-state index is 11.9. The zero-order valence-corrected chi connectivity index (χ0v) is 10.1. The number of aliphatic carboxylic acids is 1. The molecule has 5 nitrogen and oxygen atoms in total. The molecular formula is C12H19NO4. The molecule has 1 aliphatic carbocycles.